The molecule has 3 rings (SSSR count). The number of aromatic amines is 1. The van der Waals surface area contributed by atoms with Crippen LogP contribution in [0.4, 0.5) is 8.78 Å². The standard InChI is InChI=1S/C25H30F2N2O4.CH4O3S/c26-25(27,18-8-4-3-5-9-18)17-33-15-7-2-1-6-14-28-16-22(31)19-10-12-21(30)24-20(19)11-13-23(32)29-24;1-5(2,3)4/h3-5,8-13,22,28,30-31H,1-2,6-7,14-17H2,(H,29,32);1H3,(H,2,3,4). The lowest BCUT2D eigenvalue weighted by atomic mass is 10.0. The minimum absolute atomic E-state index is 0.0353. The van der Waals surface area contributed by atoms with Crippen LogP contribution >= 0.6 is 0 Å². The second kappa shape index (κ2) is 14.9. The molecule has 12 heteroatoms. The van der Waals surface area contributed by atoms with Gasteiger partial charge in [0.2, 0.25) is 5.56 Å². The lowest BCUT2D eigenvalue weighted by Crippen LogP contribution is -2.23. The lowest BCUT2D eigenvalue weighted by molar-refractivity contribution is -0.0831. The molecule has 0 bridgehead atoms. The number of aliphatic hydroxyl groups excluding tert-OH is 1. The van der Waals surface area contributed by atoms with Crippen LogP contribution in [0.5, 0.6) is 5.75 Å². The molecule has 3 aromatic rings. The van der Waals surface area contributed by atoms with Crippen molar-refractivity contribution >= 4 is 21.0 Å². The van der Waals surface area contributed by atoms with E-state index in [2.05, 4.69) is 10.3 Å². The Bertz CT molecular complexity index is 1290. The first-order valence-corrected chi connectivity index (χ1v) is 13.9. The molecule has 0 aliphatic carbocycles. The van der Waals surface area contributed by atoms with Crippen molar-refractivity contribution in [1.29, 1.82) is 0 Å². The Hall–Kier alpha value is -2.90. The molecule has 0 fully saturated rings. The number of phenolic OH excluding ortho intramolecular Hbond substituents is 1. The van der Waals surface area contributed by atoms with Gasteiger partial charge < -0.3 is 25.3 Å². The van der Waals surface area contributed by atoms with Gasteiger partial charge in [0.1, 0.15) is 12.4 Å². The van der Waals surface area contributed by atoms with E-state index < -0.39 is 28.8 Å². The quantitative estimate of drug-likeness (QED) is 0.158. The molecule has 1 unspecified atom stereocenters. The van der Waals surface area contributed by atoms with Gasteiger partial charge in [-0.2, -0.15) is 17.2 Å². The zero-order valence-corrected chi connectivity index (χ0v) is 21.9. The fraction of sp³-hybridized carbons (Fsp3) is 0.423. The smallest absolute Gasteiger partial charge is 0.296 e. The fourth-order valence-corrected chi connectivity index (χ4v) is 3.67. The Morgan fingerprint density at radius 3 is 2.37 bits per heavy atom. The second-order valence-corrected chi connectivity index (χ2v) is 10.2. The number of pyridine rings is 1. The largest absolute Gasteiger partial charge is 0.506 e. The van der Waals surface area contributed by atoms with Gasteiger partial charge in [-0.1, -0.05) is 49.2 Å². The van der Waals surface area contributed by atoms with Crippen LogP contribution in [-0.2, 0) is 20.8 Å². The summed E-state index contributed by atoms with van der Waals surface area (Å²) in [6, 6.07) is 13.7. The Balaban J connectivity index is 0.000000926. The molecule has 1 heterocycles. The first-order chi connectivity index (χ1) is 17.9. The zero-order valence-electron chi connectivity index (χ0n) is 21.1. The summed E-state index contributed by atoms with van der Waals surface area (Å²) in [6.45, 7) is 0.717. The fourth-order valence-electron chi connectivity index (χ4n) is 3.67. The highest BCUT2D eigenvalue weighted by Crippen LogP contribution is 2.29. The van der Waals surface area contributed by atoms with Crippen molar-refractivity contribution < 1.29 is 36.7 Å². The summed E-state index contributed by atoms with van der Waals surface area (Å²) in [6.07, 6.45) is 3.32. The monoisotopic (exact) mass is 556 g/mol. The minimum Gasteiger partial charge on any atom is -0.506 e. The number of hydrogen-bond acceptors (Lipinski definition) is 7. The normalized spacial score (nSPS) is 12.7. The zero-order chi connectivity index (χ0) is 28.2. The number of halogens is 2. The maximum Gasteiger partial charge on any atom is 0.296 e. The molecule has 5 N–H and O–H groups in total. The number of H-pyrrole nitrogens is 1. The SMILES string of the molecule is CS(=O)(=O)O.O=c1ccc2c(C(O)CNCCCCCCOCC(F)(F)c3ccccc3)ccc(O)c2[nH]1. The summed E-state index contributed by atoms with van der Waals surface area (Å²) in [5, 5.41) is 24.2. The van der Waals surface area contributed by atoms with Gasteiger partial charge in [0.25, 0.3) is 16.0 Å². The minimum atomic E-state index is -3.67. The highest BCUT2D eigenvalue weighted by molar-refractivity contribution is 7.85. The summed E-state index contributed by atoms with van der Waals surface area (Å²) in [4.78, 5) is 14.1. The van der Waals surface area contributed by atoms with Crippen molar-refractivity contribution in [2.75, 3.05) is 32.6 Å². The Morgan fingerprint density at radius 1 is 1.03 bits per heavy atom. The topological polar surface area (TPSA) is 149 Å². The van der Waals surface area contributed by atoms with Crippen LogP contribution in [0, 0.1) is 0 Å². The van der Waals surface area contributed by atoms with E-state index in [1.807, 2.05) is 0 Å². The van der Waals surface area contributed by atoms with E-state index in [1.54, 1.807) is 30.3 Å². The third-order valence-electron chi connectivity index (χ3n) is 5.48. The average Bonchev–Trinajstić information content (AvgIpc) is 2.85. The third kappa shape index (κ3) is 11.2. The van der Waals surface area contributed by atoms with Crippen LogP contribution in [0.3, 0.4) is 0 Å². The van der Waals surface area contributed by atoms with E-state index >= 15 is 0 Å². The molecule has 0 aliphatic heterocycles. The molecule has 2 aromatic carbocycles. The van der Waals surface area contributed by atoms with Crippen molar-refractivity contribution in [3.05, 3.63) is 76.1 Å². The van der Waals surface area contributed by atoms with Crippen molar-refractivity contribution in [2.45, 2.75) is 37.7 Å². The van der Waals surface area contributed by atoms with Gasteiger partial charge >= 0.3 is 0 Å². The van der Waals surface area contributed by atoms with Crippen LogP contribution < -0.4 is 10.9 Å². The van der Waals surface area contributed by atoms with Crippen LogP contribution in [-0.4, -0.2) is 60.7 Å². The summed E-state index contributed by atoms with van der Waals surface area (Å²) in [5.41, 5.74) is 0.573. The molecule has 210 valence electrons. The van der Waals surface area contributed by atoms with Gasteiger partial charge in [-0.05, 0) is 37.1 Å². The molecule has 0 radical (unpaired) electrons. The number of aromatic nitrogens is 1. The summed E-state index contributed by atoms with van der Waals surface area (Å²) >= 11 is 0. The summed E-state index contributed by atoms with van der Waals surface area (Å²) in [7, 11) is -3.67. The Kier molecular flexibility index (Phi) is 12.3. The number of hydrogen-bond donors (Lipinski definition) is 5. The maximum absolute atomic E-state index is 14.0. The molecule has 1 atom stereocenters. The third-order valence-corrected chi connectivity index (χ3v) is 5.48. The number of phenols is 1. The van der Waals surface area contributed by atoms with E-state index in [1.165, 1.54) is 24.3 Å². The van der Waals surface area contributed by atoms with Gasteiger partial charge in [-0.3, -0.25) is 9.35 Å². The van der Waals surface area contributed by atoms with Gasteiger partial charge in [-0.15, -0.1) is 0 Å². The number of unbranched alkanes of at least 4 members (excludes halogenated alkanes) is 3. The second-order valence-electron chi connectivity index (χ2n) is 8.78. The number of benzene rings is 2. The van der Waals surface area contributed by atoms with E-state index in [0.717, 1.165) is 19.3 Å². The number of aromatic hydroxyl groups is 1. The molecule has 1 aromatic heterocycles. The molecule has 0 saturated heterocycles. The number of fused-ring (bicyclic) bond motifs is 1. The molecular formula is C26H34F2N2O7S. The highest BCUT2D eigenvalue weighted by atomic mass is 32.2. The number of nitrogens with one attached hydrogen (secondary N) is 2. The first-order valence-electron chi connectivity index (χ1n) is 12.1. The molecule has 0 saturated carbocycles. The van der Waals surface area contributed by atoms with Crippen LogP contribution in [0.1, 0.15) is 42.9 Å². The van der Waals surface area contributed by atoms with Gasteiger partial charge in [0, 0.05) is 30.2 Å². The number of alkyl halides is 2. The predicted octanol–water partition coefficient (Wildman–Crippen LogP) is 3.73. The van der Waals surface area contributed by atoms with Crippen LogP contribution in [0.15, 0.2) is 59.4 Å². The molecule has 38 heavy (non-hydrogen) atoms. The van der Waals surface area contributed by atoms with Crippen molar-refractivity contribution in [3.8, 4) is 5.75 Å². The first kappa shape index (κ1) is 31.3. The van der Waals surface area contributed by atoms with Gasteiger partial charge in [0.15, 0.2) is 0 Å². The van der Waals surface area contributed by atoms with Crippen molar-refractivity contribution in [2.24, 2.45) is 0 Å². The van der Waals surface area contributed by atoms with E-state index in [4.69, 9.17) is 9.29 Å². The molecule has 0 aliphatic rings. The molecule has 0 amide bonds. The average molecular weight is 557 g/mol. The van der Waals surface area contributed by atoms with Crippen LogP contribution in [0.2, 0.25) is 0 Å². The van der Waals surface area contributed by atoms with Crippen molar-refractivity contribution in [3.63, 3.8) is 0 Å². The van der Waals surface area contributed by atoms with E-state index in [0.29, 0.717) is 48.8 Å². The summed E-state index contributed by atoms with van der Waals surface area (Å²) in [5.74, 6) is -3.02. The van der Waals surface area contributed by atoms with E-state index in [-0.39, 0.29) is 16.9 Å². The molecule has 9 nitrogen and oxygen atoms in total. The number of rotatable bonds is 13. The molecule has 0 spiro atoms. The number of aliphatic hydroxyl groups is 1. The van der Waals surface area contributed by atoms with Crippen molar-refractivity contribution in [1.82, 2.24) is 10.3 Å². The maximum atomic E-state index is 14.0. The van der Waals surface area contributed by atoms with Gasteiger partial charge in [0.05, 0.1) is 17.9 Å². The Labute approximate surface area is 220 Å². The van der Waals surface area contributed by atoms with Crippen LogP contribution in [0.25, 0.3) is 10.9 Å². The Morgan fingerprint density at radius 2 is 1.68 bits per heavy atom. The molecular weight excluding hydrogens is 522 g/mol. The van der Waals surface area contributed by atoms with E-state index in [9.17, 15) is 32.2 Å². The highest BCUT2D eigenvalue weighted by Gasteiger charge is 2.31. The lowest BCUT2D eigenvalue weighted by Gasteiger charge is -2.16. The summed E-state index contributed by atoms with van der Waals surface area (Å²) < 4.78 is 59.0. The predicted molar refractivity (Wildman–Crippen MR) is 141 cm³/mol. The van der Waals surface area contributed by atoms with Gasteiger partial charge in [-0.25, -0.2) is 0 Å². The number of ether oxygens (including phenoxy) is 1.